The zero-order valence-corrected chi connectivity index (χ0v) is 18.9. The average molecular weight is 461 g/mol. The Balaban J connectivity index is 1.24. The number of aliphatic carboxylic acids is 1. The van der Waals surface area contributed by atoms with E-state index < -0.39 is 18.0 Å². The molecule has 0 radical (unpaired) electrons. The van der Waals surface area contributed by atoms with E-state index in [2.05, 4.69) is 46.7 Å². The summed E-state index contributed by atoms with van der Waals surface area (Å²) in [4.78, 5) is 35.4. The lowest BCUT2D eigenvalue weighted by atomic mass is 9.82. The summed E-state index contributed by atoms with van der Waals surface area (Å²) in [5.74, 6) is 3.68. The van der Waals surface area contributed by atoms with E-state index in [-0.39, 0.29) is 37.5 Å². The van der Waals surface area contributed by atoms with Crippen LogP contribution in [0.3, 0.4) is 0 Å². The summed E-state index contributed by atoms with van der Waals surface area (Å²) in [6, 6.07) is 16.0. The first-order chi connectivity index (χ1) is 16.5. The maximum atomic E-state index is 12.2. The smallest absolute Gasteiger partial charge is 0.407 e. The van der Waals surface area contributed by atoms with E-state index in [0.29, 0.717) is 0 Å². The van der Waals surface area contributed by atoms with Crippen molar-refractivity contribution >= 4 is 18.0 Å². The fourth-order valence-electron chi connectivity index (χ4n) is 4.96. The van der Waals surface area contributed by atoms with Gasteiger partial charge >= 0.3 is 12.1 Å². The second-order valence-corrected chi connectivity index (χ2v) is 8.70. The highest BCUT2D eigenvalue weighted by molar-refractivity contribution is 5.93. The Morgan fingerprint density at radius 1 is 0.971 bits per heavy atom. The van der Waals surface area contributed by atoms with E-state index in [1.165, 1.54) is 0 Å². The molecule has 2 aliphatic carbocycles. The third-order valence-corrected chi connectivity index (χ3v) is 6.53. The number of hydrogen-bond donors (Lipinski definition) is 3. The molecule has 0 spiro atoms. The van der Waals surface area contributed by atoms with Gasteiger partial charge in [0.1, 0.15) is 6.61 Å². The van der Waals surface area contributed by atoms with Crippen LogP contribution >= 0.6 is 0 Å². The van der Waals surface area contributed by atoms with Crippen LogP contribution < -0.4 is 10.6 Å². The molecule has 0 aliphatic heterocycles. The summed E-state index contributed by atoms with van der Waals surface area (Å²) in [6.07, 6.45) is 2.92. The van der Waals surface area contributed by atoms with Crippen molar-refractivity contribution < 1.29 is 24.2 Å². The van der Waals surface area contributed by atoms with Crippen LogP contribution in [0.15, 0.2) is 48.5 Å². The predicted octanol–water partition coefficient (Wildman–Crippen LogP) is 3.68. The van der Waals surface area contributed by atoms with E-state index in [0.717, 1.165) is 47.9 Å². The number of carboxylic acids is 1. The SMILES string of the molecule is O=C(O)C[C@@H]1CCCC[C@@H]1NC(=O)C#CCNC(=O)OCC1c2ccccc2-c2ccccc21. The van der Waals surface area contributed by atoms with Crippen molar-refractivity contribution in [2.24, 2.45) is 5.92 Å². The summed E-state index contributed by atoms with van der Waals surface area (Å²) >= 11 is 0. The van der Waals surface area contributed by atoms with Crippen LogP contribution in [0.1, 0.15) is 49.1 Å². The summed E-state index contributed by atoms with van der Waals surface area (Å²) in [5, 5.41) is 14.4. The molecule has 34 heavy (non-hydrogen) atoms. The number of benzene rings is 2. The molecule has 176 valence electrons. The van der Waals surface area contributed by atoms with Crippen molar-refractivity contribution in [3.05, 3.63) is 59.7 Å². The highest BCUT2D eigenvalue weighted by Gasteiger charge is 2.29. The fraction of sp³-hybridized carbons (Fsp3) is 0.370. The maximum absolute atomic E-state index is 12.2. The van der Waals surface area contributed by atoms with Crippen LogP contribution in [0.5, 0.6) is 0 Å². The number of fused-ring (bicyclic) bond motifs is 3. The Bertz CT molecular complexity index is 1090. The van der Waals surface area contributed by atoms with Crippen LogP contribution in [-0.4, -0.2) is 42.3 Å². The molecule has 1 fully saturated rings. The minimum Gasteiger partial charge on any atom is -0.481 e. The number of carbonyl (C=O) groups excluding carboxylic acids is 2. The zero-order chi connectivity index (χ0) is 23.9. The first-order valence-corrected chi connectivity index (χ1v) is 11.6. The van der Waals surface area contributed by atoms with Crippen molar-refractivity contribution in [1.82, 2.24) is 10.6 Å². The van der Waals surface area contributed by atoms with Gasteiger partial charge in [-0.1, -0.05) is 67.3 Å². The van der Waals surface area contributed by atoms with E-state index in [1.807, 2.05) is 24.3 Å². The van der Waals surface area contributed by atoms with E-state index >= 15 is 0 Å². The summed E-state index contributed by atoms with van der Waals surface area (Å²) in [5.41, 5.74) is 4.59. The molecule has 3 N–H and O–H groups in total. The third-order valence-electron chi connectivity index (χ3n) is 6.53. The number of carbonyl (C=O) groups is 3. The molecular formula is C27H28N2O5. The Morgan fingerprint density at radius 3 is 2.29 bits per heavy atom. The van der Waals surface area contributed by atoms with Gasteiger partial charge < -0.3 is 20.5 Å². The lowest BCUT2D eigenvalue weighted by Crippen LogP contribution is -2.42. The minimum absolute atomic E-state index is 0.0205. The molecular weight excluding hydrogens is 432 g/mol. The van der Waals surface area contributed by atoms with Crippen LogP contribution in [0, 0.1) is 17.8 Å². The molecule has 0 heterocycles. The minimum atomic E-state index is -0.857. The zero-order valence-electron chi connectivity index (χ0n) is 18.9. The third kappa shape index (κ3) is 5.57. The molecule has 2 aromatic rings. The van der Waals surface area contributed by atoms with E-state index in [4.69, 9.17) is 9.84 Å². The molecule has 7 nitrogen and oxygen atoms in total. The summed E-state index contributed by atoms with van der Waals surface area (Å²) in [7, 11) is 0. The van der Waals surface area contributed by atoms with Crippen LogP contribution in [-0.2, 0) is 14.3 Å². The molecule has 2 atom stereocenters. The topological polar surface area (TPSA) is 105 Å². The second-order valence-electron chi connectivity index (χ2n) is 8.70. The molecule has 4 rings (SSSR count). The Kier molecular flexibility index (Phi) is 7.48. The van der Waals surface area contributed by atoms with Gasteiger partial charge in [-0.05, 0) is 46.9 Å². The number of amides is 2. The Labute approximate surface area is 198 Å². The quantitative estimate of drug-likeness (QED) is 0.571. The second kappa shape index (κ2) is 10.9. The number of alkyl carbamates (subject to hydrolysis) is 1. The van der Waals surface area contributed by atoms with Crippen LogP contribution in [0.4, 0.5) is 4.79 Å². The van der Waals surface area contributed by atoms with Gasteiger partial charge in [0.25, 0.3) is 5.91 Å². The highest BCUT2D eigenvalue weighted by Crippen LogP contribution is 2.44. The van der Waals surface area contributed by atoms with Crippen molar-refractivity contribution in [2.45, 2.75) is 44.1 Å². The summed E-state index contributed by atoms with van der Waals surface area (Å²) < 4.78 is 5.45. The first kappa shape index (κ1) is 23.4. The monoisotopic (exact) mass is 460 g/mol. The molecule has 2 amide bonds. The fourth-order valence-corrected chi connectivity index (χ4v) is 4.96. The lowest BCUT2D eigenvalue weighted by molar-refractivity contribution is -0.139. The van der Waals surface area contributed by atoms with E-state index in [1.54, 1.807) is 0 Å². The van der Waals surface area contributed by atoms with Gasteiger partial charge in [0.2, 0.25) is 0 Å². The number of rotatable bonds is 6. The Hall–Kier alpha value is -3.79. The highest BCUT2D eigenvalue weighted by atomic mass is 16.5. The number of carboxylic acid groups (broad SMARTS) is 1. The molecule has 0 bridgehead atoms. The van der Waals surface area contributed by atoms with Crippen LogP contribution in [0.25, 0.3) is 11.1 Å². The van der Waals surface area contributed by atoms with Crippen molar-refractivity contribution in [3.63, 3.8) is 0 Å². The molecule has 7 heteroatoms. The number of hydrogen-bond acceptors (Lipinski definition) is 4. The van der Waals surface area contributed by atoms with Crippen molar-refractivity contribution in [1.29, 1.82) is 0 Å². The summed E-state index contributed by atoms with van der Waals surface area (Å²) in [6.45, 7) is 0.188. The Morgan fingerprint density at radius 2 is 1.62 bits per heavy atom. The maximum Gasteiger partial charge on any atom is 0.407 e. The normalized spacial score (nSPS) is 18.6. The van der Waals surface area contributed by atoms with Gasteiger partial charge in [-0.15, -0.1) is 0 Å². The van der Waals surface area contributed by atoms with Crippen molar-refractivity contribution in [2.75, 3.05) is 13.2 Å². The van der Waals surface area contributed by atoms with E-state index in [9.17, 15) is 14.4 Å². The molecule has 0 saturated heterocycles. The standard InChI is InChI=1S/C27H28N2O5/c30-25(29-24-13-6-1-8-18(24)16-26(31)32)14-7-15-28-27(33)34-17-23-21-11-4-2-9-19(21)20-10-3-5-12-22(20)23/h2-5,9-12,18,23-24H,1,6,8,13,15-17H2,(H,28,33)(H,29,30)(H,31,32)/t18-,24-/m0/s1. The number of ether oxygens (including phenoxy) is 1. The van der Waals surface area contributed by atoms with Gasteiger partial charge in [0.05, 0.1) is 13.0 Å². The van der Waals surface area contributed by atoms with Gasteiger partial charge in [-0.2, -0.15) is 0 Å². The molecule has 1 saturated carbocycles. The van der Waals surface area contributed by atoms with Gasteiger partial charge in [-0.25, -0.2) is 4.79 Å². The molecule has 0 aromatic heterocycles. The average Bonchev–Trinajstić information content (AvgIpc) is 3.15. The molecule has 2 aromatic carbocycles. The molecule has 0 unspecified atom stereocenters. The molecule has 2 aliphatic rings. The largest absolute Gasteiger partial charge is 0.481 e. The van der Waals surface area contributed by atoms with Gasteiger partial charge in [0.15, 0.2) is 0 Å². The van der Waals surface area contributed by atoms with Gasteiger partial charge in [-0.3, -0.25) is 9.59 Å². The number of nitrogens with one attached hydrogen (secondary N) is 2. The van der Waals surface area contributed by atoms with Gasteiger partial charge in [0, 0.05) is 12.0 Å². The van der Waals surface area contributed by atoms with Crippen molar-refractivity contribution in [3.8, 4) is 23.0 Å². The predicted molar refractivity (Wildman–Crippen MR) is 127 cm³/mol. The first-order valence-electron chi connectivity index (χ1n) is 11.6. The lowest BCUT2D eigenvalue weighted by Gasteiger charge is -2.30. The van der Waals surface area contributed by atoms with Crippen LogP contribution in [0.2, 0.25) is 0 Å².